The zero-order chi connectivity index (χ0) is 18.9. The standard InChI is InChI=1S/C22H25N5O/c28-22(21-18-9-4-10-19(18)24-26-21)27-11-5-8-16(14-27)20-17(13-23-25-20)12-15-6-2-1-3-7-15/h1-3,6-7,13,16H,4-5,8-12,14H2,(H,23,25)(H,24,26). The van der Waals surface area contributed by atoms with Crippen molar-refractivity contribution < 1.29 is 4.79 Å². The second-order valence-electron chi connectivity index (χ2n) is 7.94. The lowest BCUT2D eigenvalue weighted by Crippen LogP contribution is -2.40. The van der Waals surface area contributed by atoms with E-state index < -0.39 is 0 Å². The summed E-state index contributed by atoms with van der Waals surface area (Å²) in [5.74, 6) is 0.374. The maximum Gasteiger partial charge on any atom is 0.274 e. The molecular weight excluding hydrogens is 350 g/mol. The summed E-state index contributed by atoms with van der Waals surface area (Å²) in [5, 5.41) is 14.9. The van der Waals surface area contributed by atoms with Gasteiger partial charge in [0.2, 0.25) is 0 Å². The van der Waals surface area contributed by atoms with Gasteiger partial charge in [0.15, 0.2) is 5.69 Å². The molecule has 144 valence electrons. The largest absolute Gasteiger partial charge is 0.337 e. The summed E-state index contributed by atoms with van der Waals surface area (Å²) in [6.07, 6.45) is 7.97. The smallest absolute Gasteiger partial charge is 0.274 e. The minimum absolute atomic E-state index is 0.0771. The number of nitrogens with one attached hydrogen (secondary N) is 2. The van der Waals surface area contributed by atoms with Crippen molar-refractivity contribution in [1.29, 1.82) is 0 Å². The molecule has 6 nitrogen and oxygen atoms in total. The molecule has 1 aliphatic heterocycles. The van der Waals surface area contributed by atoms with E-state index >= 15 is 0 Å². The first kappa shape index (κ1) is 17.2. The molecule has 1 amide bonds. The molecule has 1 aromatic carbocycles. The highest BCUT2D eigenvalue weighted by atomic mass is 16.2. The van der Waals surface area contributed by atoms with Crippen molar-refractivity contribution in [3.05, 3.63) is 70.3 Å². The van der Waals surface area contributed by atoms with Gasteiger partial charge in [-0.2, -0.15) is 10.2 Å². The Kier molecular flexibility index (Phi) is 4.47. The Hall–Kier alpha value is -2.89. The van der Waals surface area contributed by atoms with Crippen molar-refractivity contribution in [2.45, 2.75) is 44.4 Å². The maximum atomic E-state index is 13.1. The number of carbonyl (C=O) groups is 1. The van der Waals surface area contributed by atoms with Gasteiger partial charge in [-0.25, -0.2) is 0 Å². The van der Waals surface area contributed by atoms with Gasteiger partial charge in [-0.3, -0.25) is 15.0 Å². The quantitative estimate of drug-likeness (QED) is 0.735. The number of benzene rings is 1. The Morgan fingerprint density at radius 3 is 2.93 bits per heavy atom. The van der Waals surface area contributed by atoms with E-state index in [4.69, 9.17) is 0 Å². The van der Waals surface area contributed by atoms with Crippen LogP contribution in [-0.2, 0) is 19.3 Å². The van der Waals surface area contributed by atoms with Gasteiger partial charge in [0.25, 0.3) is 5.91 Å². The van der Waals surface area contributed by atoms with E-state index in [1.807, 2.05) is 17.2 Å². The maximum absolute atomic E-state index is 13.1. The first-order chi connectivity index (χ1) is 13.8. The molecule has 0 radical (unpaired) electrons. The van der Waals surface area contributed by atoms with Gasteiger partial charge in [0.1, 0.15) is 0 Å². The van der Waals surface area contributed by atoms with Gasteiger partial charge in [-0.1, -0.05) is 30.3 Å². The van der Waals surface area contributed by atoms with E-state index in [-0.39, 0.29) is 5.91 Å². The fraction of sp³-hybridized carbons (Fsp3) is 0.409. The molecule has 2 N–H and O–H groups in total. The van der Waals surface area contributed by atoms with E-state index in [0.717, 1.165) is 62.9 Å². The summed E-state index contributed by atoms with van der Waals surface area (Å²) < 4.78 is 0. The van der Waals surface area contributed by atoms with Crippen LogP contribution in [0, 0.1) is 0 Å². The number of aryl methyl sites for hydroxylation is 1. The Morgan fingerprint density at radius 1 is 1.14 bits per heavy atom. The van der Waals surface area contributed by atoms with Gasteiger partial charge in [-0.05, 0) is 43.2 Å². The third-order valence-corrected chi connectivity index (χ3v) is 6.11. The molecule has 2 aromatic heterocycles. The molecule has 1 aliphatic carbocycles. The van der Waals surface area contributed by atoms with Crippen molar-refractivity contribution in [2.75, 3.05) is 13.1 Å². The van der Waals surface area contributed by atoms with E-state index in [1.54, 1.807) is 0 Å². The number of piperidine rings is 1. The molecular formula is C22H25N5O. The lowest BCUT2D eigenvalue weighted by Gasteiger charge is -2.32. The highest BCUT2D eigenvalue weighted by molar-refractivity contribution is 5.94. The van der Waals surface area contributed by atoms with Crippen LogP contribution < -0.4 is 0 Å². The molecule has 0 saturated carbocycles. The first-order valence-electron chi connectivity index (χ1n) is 10.2. The number of aromatic nitrogens is 4. The van der Waals surface area contributed by atoms with Crippen molar-refractivity contribution >= 4 is 5.91 Å². The number of rotatable bonds is 4. The lowest BCUT2D eigenvalue weighted by molar-refractivity contribution is 0.0698. The van der Waals surface area contributed by atoms with Crippen molar-refractivity contribution in [1.82, 2.24) is 25.3 Å². The normalized spacial score (nSPS) is 19.0. The molecule has 3 aromatic rings. The Bertz CT molecular complexity index is 974. The molecule has 1 fully saturated rings. The summed E-state index contributed by atoms with van der Waals surface area (Å²) >= 11 is 0. The predicted octanol–water partition coefficient (Wildman–Crippen LogP) is 3.23. The number of carbonyl (C=O) groups excluding carboxylic acids is 1. The monoisotopic (exact) mass is 375 g/mol. The zero-order valence-electron chi connectivity index (χ0n) is 15.9. The number of hydrogen-bond acceptors (Lipinski definition) is 3. The zero-order valence-corrected chi connectivity index (χ0v) is 15.9. The molecule has 1 atom stereocenters. The number of amides is 1. The summed E-state index contributed by atoms with van der Waals surface area (Å²) in [6.45, 7) is 1.53. The lowest BCUT2D eigenvalue weighted by atomic mass is 9.90. The van der Waals surface area contributed by atoms with Gasteiger partial charge >= 0.3 is 0 Å². The highest BCUT2D eigenvalue weighted by Crippen LogP contribution is 2.31. The highest BCUT2D eigenvalue weighted by Gasteiger charge is 2.31. The summed E-state index contributed by atoms with van der Waals surface area (Å²) in [6, 6.07) is 10.5. The number of nitrogens with zero attached hydrogens (tertiary/aromatic N) is 3. The van der Waals surface area contributed by atoms with Crippen molar-refractivity contribution in [2.24, 2.45) is 0 Å². The van der Waals surface area contributed by atoms with Gasteiger partial charge in [0, 0.05) is 42.4 Å². The van der Waals surface area contributed by atoms with Crippen LogP contribution in [0.3, 0.4) is 0 Å². The molecule has 3 heterocycles. The molecule has 2 aliphatic rings. The van der Waals surface area contributed by atoms with Crippen LogP contribution >= 0.6 is 0 Å². The van der Waals surface area contributed by atoms with E-state index in [0.29, 0.717) is 11.6 Å². The van der Waals surface area contributed by atoms with Gasteiger partial charge < -0.3 is 4.90 Å². The minimum Gasteiger partial charge on any atom is -0.337 e. The van der Waals surface area contributed by atoms with Gasteiger partial charge in [-0.15, -0.1) is 0 Å². The molecule has 28 heavy (non-hydrogen) atoms. The van der Waals surface area contributed by atoms with Crippen molar-refractivity contribution in [3.8, 4) is 0 Å². The minimum atomic E-state index is 0.0771. The van der Waals surface area contributed by atoms with Gasteiger partial charge in [0.05, 0.1) is 6.20 Å². The third-order valence-electron chi connectivity index (χ3n) is 6.11. The van der Waals surface area contributed by atoms with Crippen LogP contribution in [0.2, 0.25) is 0 Å². The summed E-state index contributed by atoms with van der Waals surface area (Å²) in [7, 11) is 0. The van der Waals surface area contributed by atoms with Crippen LogP contribution in [0.5, 0.6) is 0 Å². The van der Waals surface area contributed by atoms with Crippen molar-refractivity contribution in [3.63, 3.8) is 0 Å². The average Bonchev–Trinajstić information content (AvgIpc) is 3.45. The topological polar surface area (TPSA) is 77.7 Å². The third kappa shape index (κ3) is 3.13. The number of fused-ring (bicyclic) bond motifs is 1. The fourth-order valence-electron chi connectivity index (χ4n) is 4.67. The predicted molar refractivity (Wildman–Crippen MR) is 106 cm³/mol. The molecule has 0 bridgehead atoms. The van der Waals surface area contributed by atoms with Crippen LogP contribution in [0.1, 0.15) is 63.7 Å². The van der Waals surface area contributed by atoms with Crippen LogP contribution in [0.25, 0.3) is 0 Å². The molecule has 1 saturated heterocycles. The SMILES string of the molecule is O=C(c1n[nH]c2c1CCC2)N1CCCC(c2[nH]ncc2Cc2ccccc2)C1. The number of H-pyrrole nitrogens is 2. The van der Waals surface area contributed by atoms with E-state index in [9.17, 15) is 4.79 Å². The summed E-state index contributed by atoms with van der Waals surface area (Å²) in [4.78, 5) is 15.1. The van der Waals surface area contributed by atoms with E-state index in [1.165, 1.54) is 16.8 Å². The first-order valence-corrected chi connectivity index (χ1v) is 10.2. The van der Waals surface area contributed by atoms with Crippen LogP contribution in [0.4, 0.5) is 0 Å². The molecule has 0 spiro atoms. The molecule has 1 unspecified atom stereocenters. The second-order valence-corrected chi connectivity index (χ2v) is 7.94. The Labute approximate surface area is 164 Å². The van der Waals surface area contributed by atoms with Crippen LogP contribution in [-0.4, -0.2) is 44.3 Å². The molecule has 5 rings (SSSR count). The average molecular weight is 375 g/mol. The summed E-state index contributed by atoms with van der Waals surface area (Å²) in [5.41, 5.74) is 6.61. The van der Waals surface area contributed by atoms with E-state index in [2.05, 4.69) is 44.7 Å². The Balaban J connectivity index is 1.34. The molecule has 6 heteroatoms. The Morgan fingerprint density at radius 2 is 2.04 bits per heavy atom. The fourth-order valence-corrected chi connectivity index (χ4v) is 4.67. The number of aromatic amines is 2. The number of likely N-dealkylation sites (tertiary alicyclic amines) is 1. The number of hydrogen-bond donors (Lipinski definition) is 2. The van der Waals surface area contributed by atoms with Crippen LogP contribution in [0.15, 0.2) is 36.5 Å². The second kappa shape index (κ2) is 7.26.